The molecule has 10 aliphatic carbocycles. The van der Waals surface area contributed by atoms with Gasteiger partial charge in [0.1, 0.15) is 0 Å². The van der Waals surface area contributed by atoms with Crippen molar-refractivity contribution in [3.8, 4) is 0 Å². The van der Waals surface area contributed by atoms with Crippen LogP contribution in [0.15, 0.2) is 146 Å². The van der Waals surface area contributed by atoms with Crippen LogP contribution in [-0.4, -0.2) is 0 Å². The number of hydrogen-bond acceptors (Lipinski definition) is 0. The van der Waals surface area contributed by atoms with E-state index >= 15 is 0 Å². The molecule has 10 heteroatoms. The van der Waals surface area contributed by atoms with Crippen LogP contribution in [0.4, 0.5) is 23.5 Å². The van der Waals surface area contributed by atoms with E-state index < -0.39 is 0 Å². The van der Waals surface area contributed by atoms with Gasteiger partial charge in [-0.3, -0.25) is 23.5 Å². The van der Waals surface area contributed by atoms with Crippen molar-refractivity contribution >= 4 is 63.1 Å². The Labute approximate surface area is 824 Å². The lowest BCUT2D eigenvalue weighted by atomic mass is 9.68. The zero-order valence-corrected chi connectivity index (χ0v) is 87.2. The molecule has 10 saturated carbocycles. The maximum absolute atomic E-state index is 5.23. The Kier molecular flexibility index (Phi) is 59.1. The van der Waals surface area contributed by atoms with Crippen molar-refractivity contribution in [2.45, 2.75) is 506 Å². The molecule has 0 atom stereocenters. The van der Waals surface area contributed by atoms with Crippen LogP contribution in [0, 0.1) is 88.8 Å². The highest BCUT2D eigenvalue weighted by Crippen LogP contribution is 2.52. The van der Waals surface area contributed by atoms with Gasteiger partial charge in [-0.25, -0.2) is 0 Å². The summed E-state index contributed by atoms with van der Waals surface area (Å²) in [6.45, 7) is 11.6. The van der Waals surface area contributed by atoms with Gasteiger partial charge in [0, 0.05) is 24.5 Å². The Hall–Kier alpha value is -3.15. The minimum atomic E-state index is 0. The number of benzene rings is 5. The lowest BCUT2D eigenvalue weighted by molar-refractivity contribution is 0.155. The van der Waals surface area contributed by atoms with E-state index in [1.54, 1.807) is 0 Å². The zero-order valence-electron chi connectivity index (χ0n) is 83.1. The molecule has 10 fully saturated rings. The Bertz CT molecular complexity index is 2950. The van der Waals surface area contributed by atoms with Crippen LogP contribution in [0.3, 0.4) is 0 Å². The van der Waals surface area contributed by atoms with Gasteiger partial charge < -0.3 is 0 Å². The summed E-state index contributed by atoms with van der Waals surface area (Å²) in [5.74, 6) is 19.6. The van der Waals surface area contributed by atoms with Crippen LogP contribution < -0.4 is 0 Å². The second-order valence-electron chi connectivity index (χ2n) is 44.1. The molecule has 5 aromatic carbocycles. The van der Waals surface area contributed by atoms with Crippen LogP contribution in [-0.2, 0) is 0 Å². The molecule has 0 spiro atoms. The molecule has 0 N–H and O–H groups in total. The molecule has 130 heavy (non-hydrogen) atoms. The molecule has 0 amide bonds. The fourth-order valence-corrected chi connectivity index (χ4v) is 28.0. The van der Waals surface area contributed by atoms with Gasteiger partial charge in [-0.15, -0.1) is 0 Å². The van der Waals surface area contributed by atoms with E-state index in [0.717, 1.165) is 143 Å². The highest BCUT2D eigenvalue weighted by molar-refractivity contribution is 7.81. The minimum Gasteiger partial charge on any atom is -0.269 e. The molecule has 735 valence electrons. The maximum Gasteiger partial charge on any atom is 0.0377 e. The van der Waals surface area contributed by atoms with Crippen molar-refractivity contribution in [3.63, 3.8) is 0 Å². The van der Waals surface area contributed by atoms with Crippen molar-refractivity contribution in [1.82, 2.24) is 0 Å². The highest BCUT2D eigenvalue weighted by Gasteiger charge is 2.38. The SMILES string of the molecule is CCCCCC[C@H]1CC[C@H](C2CCC(c3ccc([S])cc3)CC2)CC1.CCCCCC[C@H]1CC[C@H](C2CCC(c3ccc([S])cc3)CC2)CC1.CCCCCC[C@H]1CC[C@H](C2CCC(c3ccc([S])cc3)CC2)CC1.CCCCCC[C@H]1CC[C@H](C2CCC(c3ccc([S])cc3)CC2)CC1.CCCCCC[C@H]1CC[C@H](C2CCC(c3ccc([S])cc3)CC2)CC1.F.F.F.F.F. The molecule has 0 unspecified atom stereocenters. The summed E-state index contributed by atoms with van der Waals surface area (Å²) in [5, 5.41) is 0. The topological polar surface area (TPSA) is 0 Å². The average Bonchev–Trinajstić information content (AvgIpc) is 0.850. The van der Waals surface area contributed by atoms with Gasteiger partial charge in [-0.1, -0.05) is 383 Å². The Balaban J connectivity index is 0.000000248. The van der Waals surface area contributed by atoms with Crippen molar-refractivity contribution in [2.75, 3.05) is 0 Å². The van der Waals surface area contributed by atoms with Crippen LogP contribution in [0.1, 0.15) is 509 Å². The highest BCUT2D eigenvalue weighted by atomic mass is 32.1. The summed E-state index contributed by atoms with van der Waals surface area (Å²) in [6, 6.07) is 43.8. The number of unbranched alkanes of at least 4 members (excludes halogenated alkanes) is 15. The Morgan fingerprint density at radius 2 is 0.269 bits per heavy atom. The summed E-state index contributed by atoms with van der Waals surface area (Å²) in [5.41, 5.74) is 7.65. The summed E-state index contributed by atoms with van der Waals surface area (Å²) < 4.78 is 0. The second-order valence-corrected chi connectivity index (χ2v) is 46.4. The first kappa shape index (κ1) is 116. The van der Waals surface area contributed by atoms with Crippen molar-refractivity contribution in [1.29, 1.82) is 0 Å². The molecule has 10 aliphatic rings. The van der Waals surface area contributed by atoms with Crippen LogP contribution >= 0.6 is 63.1 Å². The summed E-state index contributed by atoms with van der Waals surface area (Å²) in [4.78, 5) is 4.88. The molecule has 0 bridgehead atoms. The monoisotopic (exact) mass is 1890 g/mol. The first-order valence-electron chi connectivity index (χ1n) is 55.1. The molecule has 0 heterocycles. The summed E-state index contributed by atoms with van der Waals surface area (Å²) >= 11 is 26.1. The van der Waals surface area contributed by atoms with Crippen LogP contribution in [0.5, 0.6) is 0 Å². The number of hydrogen-bond donors (Lipinski definition) is 0. The molecule has 5 aromatic rings. The van der Waals surface area contributed by atoms with E-state index in [9.17, 15) is 0 Å². The van der Waals surface area contributed by atoms with Gasteiger partial charge in [-0.2, -0.15) is 0 Å². The molecular formula is C120H190F5S5. The molecule has 0 aliphatic heterocycles. The van der Waals surface area contributed by atoms with E-state index in [-0.39, 0.29) is 23.5 Å². The quantitative estimate of drug-likeness (QED) is 0.0280. The lowest BCUT2D eigenvalue weighted by Gasteiger charge is -2.38. The standard InChI is InChI=1S/5C24H37S.5FH/c5*1-2-3-4-5-6-19-7-9-20(10-8-19)21-11-13-22(14-12-21)23-15-17-24(25)18-16-23;;;;;/h5*15-22H,2-14H2,1H3;5*1H/t5*19-,20-,21?,22?;;;;;. The van der Waals surface area contributed by atoms with Gasteiger partial charge in [0.05, 0.1) is 0 Å². The van der Waals surface area contributed by atoms with Gasteiger partial charge >= 0.3 is 0 Å². The molecule has 15 rings (SSSR count). The van der Waals surface area contributed by atoms with E-state index in [4.69, 9.17) is 63.1 Å². The van der Waals surface area contributed by atoms with Gasteiger partial charge in [0.2, 0.25) is 0 Å². The third-order valence-electron chi connectivity index (χ3n) is 35.7. The van der Waals surface area contributed by atoms with Crippen LogP contribution in [0.25, 0.3) is 0 Å². The van der Waals surface area contributed by atoms with E-state index in [2.05, 4.69) is 156 Å². The molecule has 0 saturated heterocycles. The predicted molar refractivity (Wildman–Crippen MR) is 569 cm³/mol. The Morgan fingerprint density at radius 1 is 0.154 bits per heavy atom. The zero-order chi connectivity index (χ0) is 87.4. The average molecular weight is 1890 g/mol. The van der Waals surface area contributed by atoms with E-state index in [1.165, 1.54) is 445 Å². The second kappa shape index (κ2) is 66.4. The number of halogens is 5. The van der Waals surface area contributed by atoms with E-state index in [0.29, 0.717) is 0 Å². The summed E-state index contributed by atoms with van der Waals surface area (Å²) in [7, 11) is 0. The lowest BCUT2D eigenvalue weighted by Crippen LogP contribution is -2.25. The third kappa shape index (κ3) is 40.7. The first-order chi connectivity index (χ1) is 61.3. The fraction of sp³-hybridized carbons (Fsp3) is 0.750. The normalized spacial score (nSPS) is 29.1. The Morgan fingerprint density at radius 3 is 0.385 bits per heavy atom. The number of rotatable bonds is 35. The van der Waals surface area contributed by atoms with Crippen molar-refractivity contribution in [2.24, 2.45) is 88.8 Å². The summed E-state index contributed by atoms with van der Waals surface area (Å²) in [6.07, 6.45) is 95.5. The maximum atomic E-state index is 5.23. The molecule has 0 aromatic heterocycles. The van der Waals surface area contributed by atoms with E-state index in [1.807, 2.05) is 0 Å². The fourth-order valence-electron chi connectivity index (χ4n) is 27.4. The predicted octanol–water partition coefficient (Wildman–Crippen LogP) is 42.2. The van der Waals surface area contributed by atoms with Crippen molar-refractivity contribution in [3.05, 3.63) is 149 Å². The first-order valence-corrected chi connectivity index (χ1v) is 57.2. The molecule has 5 radical (unpaired) electrons. The van der Waals surface area contributed by atoms with Gasteiger partial charge in [-0.05, 0) is 399 Å². The molecular weight excluding hydrogens is 1700 g/mol. The van der Waals surface area contributed by atoms with Gasteiger partial charge in [0.25, 0.3) is 0 Å². The van der Waals surface area contributed by atoms with Crippen molar-refractivity contribution < 1.29 is 23.5 Å². The third-order valence-corrected chi connectivity index (χ3v) is 37.1. The largest absolute Gasteiger partial charge is 0.269 e. The molecule has 0 nitrogen and oxygen atoms in total. The van der Waals surface area contributed by atoms with Gasteiger partial charge in [0.15, 0.2) is 0 Å². The van der Waals surface area contributed by atoms with Crippen LogP contribution in [0.2, 0.25) is 0 Å². The smallest absolute Gasteiger partial charge is 0.0377 e. The minimum absolute atomic E-state index is 0.